The number of rotatable bonds is 4. The molecule has 1 amide bonds. The largest absolute Gasteiger partial charge is 0.308 e. The molecule has 3 heteroatoms. The summed E-state index contributed by atoms with van der Waals surface area (Å²) in [5.41, 5.74) is 3.64. The van der Waals surface area contributed by atoms with Crippen LogP contribution in [0.2, 0.25) is 0 Å². The molecule has 0 N–H and O–H groups in total. The maximum atomic E-state index is 12.8. The highest BCUT2D eigenvalue weighted by molar-refractivity contribution is 7.99. The van der Waals surface area contributed by atoms with Gasteiger partial charge < -0.3 is 4.90 Å². The quantitative estimate of drug-likeness (QED) is 0.839. The number of hydrogen-bond donors (Lipinski definition) is 0. The van der Waals surface area contributed by atoms with Crippen molar-refractivity contribution in [2.24, 2.45) is 0 Å². The van der Waals surface area contributed by atoms with Crippen molar-refractivity contribution in [2.45, 2.75) is 37.3 Å². The Morgan fingerprint density at radius 3 is 2.64 bits per heavy atom. The lowest BCUT2D eigenvalue weighted by molar-refractivity contribution is -0.118. The van der Waals surface area contributed by atoms with Gasteiger partial charge in [-0.3, -0.25) is 4.79 Å². The Morgan fingerprint density at radius 1 is 1.18 bits per heavy atom. The minimum atomic E-state index is -0.0335. The molecule has 1 heterocycles. The SMILES string of the molecule is CC(SCc1ccccc1)C(=O)N1c2ccccc2CC1C. The summed E-state index contributed by atoms with van der Waals surface area (Å²) in [6, 6.07) is 18.8. The molecular weight excluding hydrogens is 290 g/mol. The summed E-state index contributed by atoms with van der Waals surface area (Å²) in [5.74, 6) is 1.09. The normalized spacial score (nSPS) is 18.1. The highest BCUT2D eigenvalue weighted by atomic mass is 32.2. The Morgan fingerprint density at radius 2 is 1.86 bits per heavy atom. The van der Waals surface area contributed by atoms with Crippen molar-refractivity contribution in [1.82, 2.24) is 0 Å². The van der Waals surface area contributed by atoms with E-state index in [1.807, 2.05) is 42.2 Å². The van der Waals surface area contributed by atoms with Crippen molar-refractivity contribution in [3.05, 3.63) is 65.7 Å². The summed E-state index contributed by atoms with van der Waals surface area (Å²) in [6.07, 6.45) is 0.956. The zero-order chi connectivity index (χ0) is 15.5. The average molecular weight is 311 g/mol. The van der Waals surface area contributed by atoms with Crippen molar-refractivity contribution in [3.63, 3.8) is 0 Å². The Balaban J connectivity index is 1.68. The first-order valence-electron chi connectivity index (χ1n) is 7.73. The lowest BCUT2D eigenvalue weighted by atomic mass is 10.1. The van der Waals surface area contributed by atoms with Crippen LogP contribution >= 0.6 is 11.8 Å². The van der Waals surface area contributed by atoms with E-state index in [1.165, 1.54) is 11.1 Å². The van der Waals surface area contributed by atoms with Gasteiger partial charge in [0, 0.05) is 17.5 Å². The summed E-state index contributed by atoms with van der Waals surface area (Å²) in [7, 11) is 0. The lowest BCUT2D eigenvalue weighted by Gasteiger charge is -2.26. The van der Waals surface area contributed by atoms with Crippen LogP contribution in [-0.4, -0.2) is 17.2 Å². The van der Waals surface area contributed by atoms with Gasteiger partial charge in [-0.25, -0.2) is 0 Å². The molecule has 0 radical (unpaired) electrons. The van der Waals surface area contributed by atoms with E-state index >= 15 is 0 Å². The number of fused-ring (bicyclic) bond motifs is 1. The van der Waals surface area contributed by atoms with Gasteiger partial charge in [-0.1, -0.05) is 48.5 Å². The maximum absolute atomic E-state index is 12.8. The molecule has 22 heavy (non-hydrogen) atoms. The lowest BCUT2D eigenvalue weighted by Crippen LogP contribution is -2.40. The highest BCUT2D eigenvalue weighted by Gasteiger charge is 2.32. The molecule has 0 bridgehead atoms. The van der Waals surface area contributed by atoms with Gasteiger partial charge in [-0.05, 0) is 37.5 Å². The first-order valence-corrected chi connectivity index (χ1v) is 8.78. The second-order valence-corrected chi connectivity index (χ2v) is 7.16. The monoisotopic (exact) mass is 311 g/mol. The van der Waals surface area contributed by atoms with Crippen molar-refractivity contribution in [2.75, 3.05) is 4.90 Å². The predicted octanol–water partition coefficient (Wildman–Crippen LogP) is 4.29. The predicted molar refractivity (Wildman–Crippen MR) is 94.3 cm³/mol. The molecule has 2 aromatic carbocycles. The molecule has 1 aliphatic rings. The maximum Gasteiger partial charge on any atom is 0.240 e. The van der Waals surface area contributed by atoms with Gasteiger partial charge in [0.15, 0.2) is 0 Å². The van der Waals surface area contributed by atoms with E-state index in [-0.39, 0.29) is 17.2 Å². The van der Waals surface area contributed by atoms with Crippen molar-refractivity contribution >= 4 is 23.4 Å². The van der Waals surface area contributed by atoms with Crippen LogP contribution < -0.4 is 4.90 Å². The van der Waals surface area contributed by atoms with Crippen LogP contribution in [0.4, 0.5) is 5.69 Å². The molecule has 0 saturated carbocycles. The van der Waals surface area contributed by atoms with Crippen LogP contribution in [0.3, 0.4) is 0 Å². The van der Waals surface area contributed by atoms with Crippen LogP contribution in [-0.2, 0) is 17.0 Å². The molecule has 2 unspecified atom stereocenters. The van der Waals surface area contributed by atoms with E-state index in [2.05, 4.69) is 31.2 Å². The van der Waals surface area contributed by atoms with Gasteiger partial charge >= 0.3 is 0 Å². The molecule has 1 aliphatic heterocycles. The fraction of sp³-hybridized carbons (Fsp3) is 0.316. The summed E-state index contributed by atoms with van der Waals surface area (Å²) in [5, 5.41) is -0.0335. The summed E-state index contributed by atoms with van der Waals surface area (Å²) in [4.78, 5) is 14.8. The number of hydrogen-bond acceptors (Lipinski definition) is 2. The van der Waals surface area contributed by atoms with Crippen molar-refractivity contribution in [1.29, 1.82) is 0 Å². The van der Waals surface area contributed by atoms with Gasteiger partial charge in [0.25, 0.3) is 0 Å². The van der Waals surface area contributed by atoms with Crippen LogP contribution in [0.15, 0.2) is 54.6 Å². The smallest absolute Gasteiger partial charge is 0.240 e. The van der Waals surface area contributed by atoms with E-state index < -0.39 is 0 Å². The van der Waals surface area contributed by atoms with Crippen molar-refractivity contribution in [3.8, 4) is 0 Å². The first kappa shape index (κ1) is 15.2. The number of carbonyl (C=O) groups excluding carboxylic acids is 1. The van der Waals surface area contributed by atoms with E-state index in [1.54, 1.807) is 11.8 Å². The Bertz CT molecular complexity index is 655. The molecule has 2 aromatic rings. The fourth-order valence-electron chi connectivity index (χ4n) is 2.96. The molecule has 2 nitrogen and oxygen atoms in total. The van der Waals surface area contributed by atoms with Crippen molar-refractivity contribution < 1.29 is 4.79 Å². The van der Waals surface area contributed by atoms with E-state index in [0.717, 1.165) is 17.9 Å². The fourth-order valence-corrected chi connectivity index (χ4v) is 3.86. The molecule has 114 valence electrons. The Labute approximate surface area is 136 Å². The van der Waals surface area contributed by atoms with Gasteiger partial charge in [-0.15, -0.1) is 11.8 Å². The second kappa shape index (κ2) is 6.57. The molecule has 0 saturated heterocycles. The number of nitrogens with zero attached hydrogens (tertiary/aromatic N) is 1. The molecule has 0 fully saturated rings. The van der Waals surface area contributed by atoms with E-state index in [0.29, 0.717) is 0 Å². The van der Waals surface area contributed by atoms with E-state index in [9.17, 15) is 4.79 Å². The summed E-state index contributed by atoms with van der Waals surface area (Å²) >= 11 is 1.71. The zero-order valence-corrected chi connectivity index (χ0v) is 13.8. The van der Waals surface area contributed by atoms with Crippen LogP contribution in [0.25, 0.3) is 0 Å². The third-order valence-electron chi connectivity index (χ3n) is 4.14. The molecule has 0 spiro atoms. The van der Waals surface area contributed by atoms with Gasteiger partial charge in [-0.2, -0.15) is 0 Å². The number of anilines is 1. The number of benzene rings is 2. The molecular formula is C19H21NOS. The third kappa shape index (κ3) is 3.05. The highest BCUT2D eigenvalue weighted by Crippen LogP contribution is 2.33. The van der Waals surface area contributed by atoms with Gasteiger partial charge in [0.2, 0.25) is 5.91 Å². The first-order chi connectivity index (χ1) is 10.7. The second-order valence-electron chi connectivity index (χ2n) is 5.83. The number of carbonyl (C=O) groups is 1. The molecule has 0 aromatic heterocycles. The zero-order valence-electron chi connectivity index (χ0n) is 13.0. The molecule has 3 rings (SSSR count). The topological polar surface area (TPSA) is 20.3 Å². The van der Waals surface area contributed by atoms with E-state index in [4.69, 9.17) is 0 Å². The number of thioether (sulfide) groups is 1. The minimum absolute atomic E-state index is 0.0335. The van der Waals surface area contributed by atoms with Crippen LogP contribution in [0, 0.1) is 0 Å². The van der Waals surface area contributed by atoms with Crippen LogP contribution in [0.5, 0.6) is 0 Å². The van der Waals surface area contributed by atoms with Gasteiger partial charge in [0.1, 0.15) is 0 Å². The number of para-hydroxylation sites is 1. The third-order valence-corrected chi connectivity index (χ3v) is 5.34. The van der Waals surface area contributed by atoms with Crippen LogP contribution in [0.1, 0.15) is 25.0 Å². The summed E-state index contributed by atoms with van der Waals surface area (Å²) < 4.78 is 0. The van der Waals surface area contributed by atoms with Gasteiger partial charge in [0.05, 0.1) is 5.25 Å². The number of amides is 1. The Kier molecular flexibility index (Phi) is 4.53. The molecule has 2 atom stereocenters. The Hall–Kier alpha value is -1.74. The standard InChI is InChI=1S/C19H21NOS/c1-14-12-17-10-6-7-11-18(17)20(14)19(21)15(2)22-13-16-8-4-3-5-9-16/h3-11,14-15H,12-13H2,1-2H3. The molecule has 0 aliphatic carbocycles. The summed E-state index contributed by atoms with van der Waals surface area (Å²) in [6.45, 7) is 4.15. The average Bonchev–Trinajstić information content (AvgIpc) is 2.88. The minimum Gasteiger partial charge on any atom is -0.308 e.